The van der Waals surface area contributed by atoms with Gasteiger partial charge < -0.3 is 0 Å². The number of rotatable bonds is 5. The van der Waals surface area contributed by atoms with Crippen molar-refractivity contribution in [2.45, 2.75) is 32.4 Å². The van der Waals surface area contributed by atoms with Gasteiger partial charge in [-0.3, -0.25) is 20.9 Å². The van der Waals surface area contributed by atoms with E-state index in [1.165, 1.54) is 0 Å². The molecule has 0 aliphatic heterocycles. The zero-order chi connectivity index (χ0) is 13.0. The molecule has 2 aromatic heterocycles. The molecule has 5 nitrogen and oxygen atoms in total. The van der Waals surface area contributed by atoms with E-state index in [0.29, 0.717) is 6.04 Å². The molecule has 0 bridgehead atoms. The maximum Gasteiger partial charge on any atom is 0.0644 e. The minimum absolute atomic E-state index is 0.0588. The van der Waals surface area contributed by atoms with E-state index < -0.39 is 0 Å². The average molecular weight is 245 g/mol. The summed E-state index contributed by atoms with van der Waals surface area (Å²) in [7, 11) is 0. The third-order valence-electron chi connectivity index (χ3n) is 2.92. The van der Waals surface area contributed by atoms with Crippen LogP contribution < -0.4 is 11.3 Å². The third-order valence-corrected chi connectivity index (χ3v) is 2.92. The van der Waals surface area contributed by atoms with Crippen LogP contribution in [0.15, 0.2) is 36.8 Å². The molecule has 0 aromatic carbocycles. The minimum Gasteiger partial charge on any atom is -0.271 e. The summed E-state index contributed by atoms with van der Waals surface area (Å²) in [6, 6.07) is 6.40. The van der Waals surface area contributed by atoms with Gasteiger partial charge >= 0.3 is 0 Å². The molecular weight excluding hydrogens is 226 g/mol. The molecular formula is C13H19N5. The van der Waals surface area contributed by atoms with E-state index in [1.54, 1.807) is 12.4 Å². The van der Waals surface area contributed by atoms with Crippen molar-refractivity contribution < 1.29 is 0 Å². The van der Waals surface area contributed by atoms with Gasteiger partial charge in [0, 0.05) is 31.1 Å². The van der Waals surface area contributed by atoms with Crippen LogP contribution in [0.1, 0.15) is 37.2 Å². The largest absolute Gasteiger partial charge is 0.271 e. The van der Waals surface area contributed by atoms with Crippen molar-refractivity contribution in [2.24, 2.45) is 5.84 Å². The Morgan fingerprint density at radius 2 is 2.00 bits per heavy atom. The van der Waals surface area contributed by atoms with Crippen molar-refractivity contribution in [2.75, 3.05) is 0 Å². The molecule has 0 saturated heterocycles. The number of hydrazine groups is 1. The van der Waals surface area contributed by atoms with E-state index in [9.17, 15) is 0 Å². The number of aromatic nitrogens is 3. The standard InChI is InChI=1S/C13H19N5/c1-10(2)18-8-5-12(17-18)9-13(16-14)11-3-6-15-7-4-11/h3-8,10,13,16H,9,14H2,1-2H3. The predicted molar refractivity (Wildman–Crippen MR) is 70.6 cm³/mol. The summed E-state index contributed by atoms with van der Waals surface area (Å²) in [5.41, 5.74) is 4.98. The lowest BCUT2D eigenvalue weighted by Gasteiger charge is -2.14. The van der Waals surface area contributed by atoms with Crippen molar-refractivity contribution >= 4 is 0 Å². The molecule has 1 unspecified atom stereocenters. The Kier molecular flexibility index (Phi) is 4.07. The lowest BCUT2D eigenvalue weighted by Crippen LogP contribution is -2.29. The zero-order valence-corrected chi connectivity index (χ0v) is 10.7. The Hall–Kier alpha value is -1.72. The van der Waals surface area contributed by atoms with Crippen molar-refractivity contribution in [1.82, 2.24) is 20.2 Å². The Morgan fingerprint density at radius 1 is 1.28 bits per heavy atom. The summed E-state index contributed by atoms with van der Waals surface area (Å²) < 4.78 is 1.95. The molecule has 2 heterocycles. The Bertz CT molecular complexity index is 477. The second kappa shape index (κ2) is 5.75. The first-order chi connectivity index (χ1) is 8.70. The van der Waals surface area contributed by atoms with Crippen LogP contribution >= 0.6 is 0 Å². The van der Waals surface area contributed by atoms with Gasteiger partial charge in [0.25, 0.3) is 0 Å². The van der Waals surface area contributed by atoms with E-state index in [4.69, 9.17) is 5.84 Å². The smallest absolute Gasteiger partial charge is 0.0644 e. The van der Waals surface area contributed by atoms with E-state index in [1.807, 2.05) is 29.1 Å². The number of pyridine rings is 1. The van der Waals surface area contributed by atoms with Gasteiger partial charge in [0.2, 0.25) is 0 Å². The first-order valence-electron chi connectivity index (χ1n) is 6.10. The SMILES string of the molecule is CC(C)n1ccc(CC(NN)c2ccncc2)n1. The van der Waals surface area contributed by atoms with Gasteiger partial charge in [-0.05, 0) is 37.6 Å². The first kappa shape index (κ1) is 12.7. The molecule has 0 fully saturated rings. The number of nitrogens with one attached hydrogen (secondary N) is 1. The summed E-state index contributed by atoms with van der Waals surface area (Å²) >= 11 is 0. The van der Waals surface area contributed by atoms with Crippen LogP contribution in [-0.2, 0) is 6.42 Å². The van der Waals surface area contributed by atoms with Crippen LogP contribution in [0.3, 0.4) is 0 Å². The molecule has 0 amide bonds. The molecule has 96 valence electrons. The number of nitrogens with two attached hydrogens (primary N) is 1. The lowest BCUT2D eigenvalue weighted by molar-refractivity contribution is 0.506. The van der Waals surface area contributed by atoms with Gasteiger partial charge in [-0.1, -0.05) is 0 Å². The molecule has 2 aromatic rings. The normalized spacial score (nSPS) is 12.9. The highest BCUT2D eigenvalue weighted by atomic mass is 15.3. The van der Waals surface area contributed by atoms with Crippen LogP contribution in [0.2, 0.25) is 0 Å². The van der Waals surface area contributed by atoms with Gasteiger partial charge in [0.05, 0.1) is 11.7 Å². The van der Waals surface area contributed by atoms with Gasteiger partial charge in [-0.25, -0.2) is 0 Å². The fraction of sp³-hybridized carbons (Fsp3) is 0.385. The Labute approximate surface area is 107 Å². The summed E-state index contributed by atoms with van der Waals surface area (Å²) in [5, 5.41) is 4.53. The van der Waals surface area contributed by atoms with E-state index >= 15 is 0 Å². The molecule has 0 aliphatic carbocycles. The summed E-state index contributed by atoms with van der Waals surface area (Å²) in [4.78, 5) is 4.01. The summed E-state index contributed by atoms with van der Waals surface area (Å²) in [6.07, 6.45) is 6.30. The molecule has 3 N–H and O–H groups in total. The van der Waals surface area contributed by atoms with Crippen molar-refractivity contribution in [3.63, 3.8) is 0 Å². The second-order valence-electron chi connectivity index (χ2n) is 4.58. The Morgan fingerprint density at radius 3 is 2.56 bits per heavy atom. The molecule has 5 heteroatoms. The second-order valence-corrected chi connectivity index (χ2v) is 4.58. The lowest BCUT2D eigenvalue weighted by atomic mass is 10.0. The Balaban J connectivity index is 2.10. The third kappa shape index (κ3) is 2.94. The molecule has 0 spiro atoms. The highest BCUT2D eigenvalue weighted by Gasteiger charge is 2.12. The van der Waals surface area contributed by atoms with Crippen LogP contribution in [0, 0.1) is 0 Å². The van der Waals surface area contributed by atoms with Crippen molar-refractivity contribution in [3.8, 4) is 0 Å². The summed E-state index contributed by atoms with van der Waals surface area (Å²) in [5.74, 6) is 5.61. The quantitative estimate of drug-likeness (QED) is 0.620. The van der Waals surface area contributed by atoms with E-state index in [-0.39, 0.29) is 6.04 Å². The van der Waals surface area contributed by atoms with Crippen LogP contribution in [0.4, 0.5) is 0 Å². The molecule has 0 saturated carbocycles. The zero-order valence-electron chi connectivity index (χ0n) is 10.7. The van der Waals surface area contributed by atoms with Gasteiger partial charge in [-0.2, -0.15) is 5.10 Å². The number of nitrogens with zero attached hydrogens (tertiary/aromatic N) is 3. The fourth-order valence-corrected chi connectivity index (χ4v) is 1.85. The fourth-order valence-electron chi connectivity index (χ4n) is 1.85. The van der Waals surface area contributed by atoms with E-state index in [2.05, 4.69) is 29.4 Å². The number of hydrogen-bond acceptors (Lipinski definition) is 4. The van der Waals surface area contributed by atoms with Crippen molar-refractivity contribution in [1.29, 1.82) is 0 Å². The van der Waals surface area contributed by atoms with Crippen LogP contribution in [0.5, 0.6) is 0 Å². The predicted octanol–water partition coefficient (Wildman–Crippen LogP) is 1.61. The summed E-state index contributed by atoms with van der Waals surface area (Å²) in [6.45, 7) is 4.22. The topological polar surface area (TPSA) is 68.8 Å². The van der Waals surface area contributed by atoms with Gasteiger partial charge in [-0.15, -0.1) is 0 Å². The molecule has 1 atom stereocenters. The van der Waals surface area contributed by atoms with Crippen LogP contribution in [0.25, 0.3) is 0 Å². The number of hydrogen-bond donors (Lipinski definition) is 2. The highest BCUT2D eigenvalue weighted by Crippen LogP contribution is 2.16. The monoisotopic (exact) mass is 245 g/mol. The van der Waals surface area contributed by atoms with Crippen LogP contribution in [-0.4, -0.2) is 14.8 Å². The molecule has 0 aliphatic rings. The van der Waals surface area contributed by atoms with Gasteiger partial charge in [0.1, 0.15) is 0 Å². The first-order valence-corrected chi connectivity index (χ1v) is 6.10. The maximum absolute atomic E-state index is 5.61. The molecule has 2 rings (SSSR count). The molecule has 18 heavy (non-hydrogen) atoms. The molecule has 0 radical (unpaired) electrons. The maximum atomic E-state index is 5.61. The van der Waals surface area contributed by atoms with Crippen molar-refractivity contribution in [3.05, 3.63) is 48.0 Å². The average Bonchev–Trinajstić information content (AvgIpc) is 2.86. The highest BCUT2D eigenvalue weighted by molar-refractivity contribution is 5.17. The van der Waals surface area contributed by atoms with Gasteiger partial charge in [0.15, 0.2) is 0 Å². The minimum atomic E-state index is 0.0588. The van der Waals surface area contributed by atoms with E-state index in [0.717, 1.165) is 17.7 Å².